The van der Waals surface area contributed by atoms with E-state index in [1.807, 2.05) is 17.2 Å². The largest absolute Gasteiger partial charge is 0.397 e. The van der Waals surface area contributed by atoms with Crippen LogP contribution in [0.2, 0.25) is 0 Å². The molecule has 0 bridgehead atoms. The third kappa shape index (κ3) is 2.68. The first kappa shape index (κ1) is 13.0. The highest BCUT2D eigenvalue weighted by Gasteiger charge is 2.29. The Kier molecular flexibility index (Phi) is 3.94. The third-order valence-electron chi connectivity index (χ3n) is 3.30. The van der Waals surface area contributed by atoms with Gasteiger partial charge >= 0.3 is 0 Å². The van der Waals surface area contributed by atoms with Gasteiger partial charge in [-0.15, -0.1) is 0 Å². The summed E-state index contributed by atoms with van der Waals surface area (Å²) in [6.07, 6.45) is 6.21. The van der Waals surface area contributed by atoms with Crippen molar-refractivity contribution in [3.8, 4) is 0 Å². The first-order valence-electron chi connectivity index (χ1n) is 6.94. The first-order valence-corrected chi connectivity index (χ1v) is 6.94. The molecule has 1 saturated carbocycles. The van der Waals surface area contributed by atoms with Crippen LogP contribution in [0.15, 0.2) is 12.3 Å². The molecule has 4 heteroatoms. The molecule has 1 amide bonds. The van der Waals surface area contributed by atoms with Gasteiger partial charge in [-0.25, -0.2) is 0 Å². The number of amides is 1. The Morgan fingerprint density at radius 3 is 2.50 bits per heavy atom. The fourth-order valence-electron chi connectivity index (χ4n) is 2.34. The molecule has 1 aliphatic carbocycles. The van der Waals surface area contributed by atoms with Crippen LogP contribution < -0.4 is 5.73 Å². The van der Waals surface area contributed by atoms with E-state index >= 15 is 0 Å². The molecule has 0 saturated heterocycles. The van der Waals surface area contributed by atoms with Gasteiger partial charge in [0.1, 0.15) is 5.69 Å². The first-order chi connectivity index (χ1) is 8.67. The lowest BCUT2D eigenvalue weighted by atomic mass is 10.3. The summed E-state index contributed by atoms with van der Waals surface area (Å²) in [7, 11) is 0. The summed E-state index contributed by atoms with van der Waals surface area (Å²) >= 11 is 0. The van der Waals surface area contributed by atoms with Crippen molar-refractivity contribution in [3.63, 3.8) is 0 Å². The van der Waals surface area contributed by atoms with Gasteiger partial charge in [-0.1, -0.05) is 13.8 Å². The van der Waals surface area contributed by atoms with Crippen LogP contribution in [0.4, 0.5) is 5.69 Å². The van der Waals surface area contributed by atoms with Crippen molar-refractivity contribution in [2.45, 2.75) is 45.6 Å². The van der Waals surface area contributed by atoms with E-state index in [2.05, 4.69) is 18.4 Å². The van der Waals surface area contributed by atoms with E-state index in [1.165, 1.54) is 0 Å². The van der Waals surface area contributed by atoms with Crippen LogP contribution in [0.5, 0.6) is 0 Å². The molecular formula is C14H23N3O. The van der Waals surface area contributed by atoms with Gasteiger partial charge in [-0.3, -0.25) is 4.79 Å². The number of hydrogen-bond donors (Lipinski definition) is 1. The second kappa shape index (κ2) is 5.46. The van der Waals surface area contributed by atoms with Gasteiger partial charge in [0.25, 0.3) is 5.91 Å². The minimum atomic E-state index is 0.127. The number of aromatic nitrogens is 1. The van der Waals surface area contributed by atoms with E-state index in [-0.39, 0.29) is 5.91 Å². The summed E-state index contributed by atoms with van der Waals surface area (Å²) in [6, 6.07) is 2.31. The van der Waals surface area contributed by atoms with E-state index in [0.717, 1.165) is 44.5 Å². The number of nitrogen functional groups attached to an aromatic ring is 1. The highest BCUT2D eigenvalue weighted by molar-refractivity contribution is 5.94. The van der Waals surface area contributed by atoms with E-state index in [0.29, 0.717) is 11.7 Å². The lowest BCUT2D eigenvalue weighted by molar-refractivity contribution is 0.0744. The molecule has 4 nitrogen and oxygen atoms in total. The maximum absolute atomic E-state index is 12.5. The molecule has 1 fully saturated rings. The van der Waals surface area contributed by atoms with Crippen LogP contribution in [0, 0.1) is 0 Å². The number of rotatable bonds is 6. The normalized spacial score (nSPS) is 14.8. The number of nitrogens with zero attached hydrogens (tertiary/aromatic N) is 2. The molecule has 0 spiro atoms. The fourth-order valence-corrected chi connectivity index (χ4v) is 2.34. The fraction of sp³-hybridized carbons (Fsp3) is 0.643. The van der Waals surface area contributed by atoms with Crippen molar-refractivity contribution >= 4 is 11.6 Å². The van der Waals surface area contributed by atoms with Crippen LogP contribution in [0.1, 0.15) is 56.1 Å². The smallest absolute Gasteiger partial charge is 0.270 e. The molecule has 1 aromatic rings. The minimum absolute atomic E-state index is 0.127. The SMILES string of the molecule is CCCN(CCC)C(=O)c1cc(N)cn1C1CC1. The maximum Gasteiger partial charge on any atom is 0.270 e. The van der Waals surface area contributed by atoms with Gasteiger partial charge in [0.05, 0.1) is 5.69 Å². The van der Waals surface area contributed by atoms with E-state index in [1.54, 1.807) is 0 Å². The zero-order chi connectivity index (χ0) is 13.1. The zero-order valence-corrected chi connectivity index (χ0v) is 11.4. The summed E-state index contributed by atoms with van der Waals surface area (Å²) in [4.78, 5) is 14.5. The van der Waals surface area contributed by atoms with Crippen molar-refractivity contribution in [3.05, 3.63) is 18.0 Å². The van der Waals surface area contributed by atoms with Gasteiger partial charge in [0.15, 0.2) is 0 Å². The lowest BCUT2D eigenvalue weighted by Crippen LogP contribution is -2.33. The van der Waals surface area contributed by atoms with E-state index in [9.17, 15) is 4.79 Å². The number of carbonyl (C=O) groups excluding carboxylic acids is 1. The Balaban J connectivity index is 2.20. The van der Waals surface area contributed by atoms with Crippen molar-refractivity contribution in [2.24, 2.45) is 0 Å². The van der Waals surface area contributed by atoms with Gasteiger partial charge in [0, 0.05) is 25.3 Å². The van der Waals surface area contributed by atoms with Crippen molar-refractivity contribution < 1.29 is 4.79 Å². The summed E-state index contributed by atoms with van der Waals surface area (Å²) in [5.74, 6) is 0.127. The Bertz CT molecular complexity index is 415. The molecule has 18 heavy (non-hydrogen) atoms. The van der Waals surface area contributed by atoms with Gasteiger partial charge in [-0.2, -0.15) is 0 Å². The molecule has 0 radical (unpaired) electrons. The molecule has 2 N–H and O–H groups in total. The number of hydrogen-bond acceptors (Lipinski definition) is 2. The van der Waals surface area contributed by atoms with Crippen LogP contribution in [0.25, 0.3) is 0 Å². The zero-order valence-electron chi connectivity index (χ0n) is 11.4. The predicted octanol–water partition coefficient (Wildman–Crippen LogP) is 2.67. The highest BCUT2D eigenvalue weighted by Crippen LogP contribution is 2.37. The monoisotopic (exact) mass is 249 g/mol. The maximum atomic E-state index is 12.5. The Hall–Kier alpha value is -1.45. The van der Waals surface area contributed by atoms with Crippen molar-refractivity contribution in [1.29, 1.82) is 0 Å². The topological polar surface area (TPSA) is 51.3 Å². The van der Waals surface area contributed by atoms with Crippen molar-refractivity contribution in [1.82, 2.24) is 9.47 Å². The molecule has 1 heterocycles. The molecule has 0 unspecified atom stereocenters. The molecular weight excluding hydrogens is 226 g/mol. The molecule has 2 rings (SSSR count). The highest BCUT2D eigenvalue weighted by atomic mass is 16.2. The standard InChI is InChI=1S/C14H23N3O/c1-3-7-16(8-4-2)14(18)13-9-11(15)10-17(13)12-5-6-12/h9-10,12H,3-8,15H2,1-2H3. The molecule has 0 aliphatic heterocycles. The number of anilines is 1. The quantitative estimate of drug-likeness (QED) is 0.842. The summed E-state index contributed by atoms with van der Waals surface area (Å²) in [5, 5.41) is 0. The number of nitrogens with two attached hydrogens (primary N) is 1. The predicted molar refractivity (Wildman–Crippen MR) is 73.6 cm³/mol. The third-order valence-corrected chi connectivity index (χ3v) is 3.30. The van der Waals surface area contributed by atoms with Crippen LogP contribution in [-0.4, -0.2) is 28.5 Å². The van der Waals surface area contributed by atoms with Crippen LogP contribution in [0.3, 0.4) is 0 Å². The lowest BCUT2D eigenvalue weighted by Gasteiger charge is -2.22. The summed E-state index contributed by atoms with van der Waals surface area (Å²) in [5.41, 5.74) is 7.29. The second-order valence-electron chi connectivity index (χ2n) is 5.09. The minimum Gasteiger partial charge on any atom is -0.397 e. The van der Waals surface area contributed by atoms with Gasteiger partial charge < -0.3 is 15.2 Å². The Morgan fingerprint density at radius 1 is 1.39 bits per heavy atom. The van der Waals surface area contributed by atoms with Gasteiger partial charge in [-0.05, 0) is 31.7 Å². The second-order valence-corrected chi connectivity index (χ2v) is 5.09. The van der Waals surface area contributed by atoms with Crippen LogP contribution in [-0.2, 0) is 0 Å². The molecule has 100 valence electrons. The molecule has 0 aromatic carbocycles. The summed E-state index contributed by atoms with van der Waals surface area (Å²) < 4.78 is 2.07. The molecule has 0 atom stereocenters. The van der Waals surface area contributed by atoms with E-state index in [4.69, 9.17) is 5.73 Å². The van der Waals surface area contributed by atoms with Crippen LogP contribution >= 0.6 is 0 Å². The molecule has 1 aliphatic rings. The Morgan fingerprint density at radius 2 is 2.00 bits per heavy atom. The van der Waals surface area contributed by atoms with E-state index < -0.39 is 0 Å². The molecule has 1 aromatic heterocycles. The Labute approximate surface area is 109 Å². The van der Waals surface area contributed by atoms with Gasteiger partial charge in [0.2, 0.25) is 0 Å². The average molecular weight is 249 g/mol. The van der Waals surface area contributed by atoms with Crippen molar-refractivity contribution in [2.75, 3.05) is 18.8 Å². The average Bonchev–Trinajstić information content (AvgIpc) is 3.11. The number of carbonyl (C=O) groups is 1. The summed E-state index contributed by atoms with van der Waals surface area (Å²) in [6.45, 7) is 5.85.